The molecule has 30 heavy (non-hydrogen) atoms. The van der Waals surface area contributed by atoms with Gasteiger partial charge < -0.3 is 9.84 Å². The summed E-state index contributed by atoms with van der Waals surface area (Å²) in [6.45, 7) is 3.80. The van der Waals surface area contributed by atoms with E-state index in [1.807, 2.05) is 44.4 Å². The van der Waals surface area contributed by atoms with Gasteiger partial charge in [-0.2, -0.15) is 0 Å². The van der Waals surface area contributed by atoms with Crippen molar-refractivity contribution in [1.82, 2.24) is 15.5 Å². The summed E-state index contributed by atoms with van der Waals surface area (Å²) >= 11 is 0. The number of benzene rings is 1. The third-order valence-electron chi connectivity index (χ3n) is 5.97. The number of carbonyl (C=O) groups is 1. The molecular weight excluding hydrogens is 374 g/mol. The Balaban J connectivity index is 1.53. The van der Waals surface area contributed by atoms with E-state index in [4.69, 9.17) is 4.52 Å². The molecule has 154 valence electrons. The van der Waals surface area contributed by atoms with Crippen LogP contribution in [0, 0.1) is 25.7 Å². The zero-order valence-electron chi connectivity index (χ0n) is 17.6. The summed E-state index contributed by atoms with van der Waals surface area (Å²) in [5, 5.41) is 9.41. The average Bonchev–Trinajstić information content (AvgIpc) is 3.09. The van der Waals surface area contributed by atoms with Crippen LogP contribution in [-0.4, -0.2) is 21.6 Å². The lowest BCUT2D eigenvalue weighted by Gasteiger charge is -2.33. The second-order valence-electron chi connectivity index (χ2n) is 8.15. The fourth-order valence-electron chi connectivity index (χ4n) is 4.27. The van der Waals surface area contributed by atoms with Crippen LogP contribution in [0.5, 0.6) is 0 Å². The van der Waals surface area contributed by atoms with Gasteiger partial charge in [-0.1, -0.05) is 60.5 Å². The molecule has 0 unspecified atom stereocenters. The van der Waals surface area contributed by atoms with Crippen molar-refractivity contribution < 1.29 is 9.32 Å². The summed E-state index contributed by atoms with van der Waals surface area (Å²) in [4.78, 5) is 17.1. The Morgan fingerprint density at radius 3 is 2.73 bits per heavy atom. The van der Waals surface area contributed by atoms with Gasteiger partial charge in [-0.3, -0.25) is 9.78 Å². The number of pyridine rings is 1. The van der Waals surface area contributed by atoms with Crippen molar-refractivity contribution in [3.05, 3.63) is 59.2 Å². The maximum atomic E-state index is 12.8. The Hall–Kier alpha value is -3.13. The highest BCUT2D eigenvalue weighted by atomic mass is 16.5. The van der Waals surface area contributed by atoms with Crippen molar-refractivity contribution in [3.63, 3.8) is 0 Å². The third-order valence-corrected chi connectivity index (χ3v) is 5.97. The number of fused-ring (bicyclic) bond motifs is 1. The lowest BCUT2D eigenvalue weighted by atomic mass is 9.81. The lowest BCUT2D eigenvalue weighted by molar-refractivity contribution is -0.122. The molecule has 0 aliphatic heterocycles. The minimum absolute atomic E-state index is 0.0299. The molecule has 5 heteroatoms. The molecule has 3 aromatic rings. The fourth-order valence-corrected chi connectivity index (χ4v) is 4.27. The quantitative estimate of drug-likeness (QED) is 0.647. The molecular formula is C25H27N3O2. The normalized spacial score (nSPS) is 15.4. The van der Waals surface area contributed by atoms with Crippen LogP contribution in [-0.2, 0) is 11.2 Å². The molecule has 0 atom stereocenters. The van der Waals surface area contributed by atoms with Crippen LogP contribution in [0.4, 0.5) is 0 Å². The Labute approximate surface area is 177 Å². The molecule has 0 radical (unpaired) electrons. The summed E-state index contributed by atoms with van der Waals surface area (Å²) in [6.07, 6.45) is 9.81. The number of rotatable bonds is 4. The summed E-state index contributed by atoms with van der Waals surface area (Å²) < 4.78 is 5.21. The van der Waals surface area contributed by atoms with E-state index in [1.165, 1.54) is 6.42 Å². The number of carbonyl (C=O) groups excluding carboxylic acids is 1. The third kappa shape index (κ3) is 4.38. The number of nitrogens with one attached hydrogen (secondary N) is 1. The Kier molecular flexibility index (Phi) is 5.85. The standard InChI is InChI=1S/C25H27N3O2/c1-18-22(19(2)30-28-18)10-11-24(29)27-25(13-6-3-7-14-25)15-12-21-17-26-16-20-8-4-5-9-23(20)21/h4-5,8-9,16-17H,3,6-7,10-11,13-14H2,1-2H3,(H,27,29). The second-order valence-corrected chi connectivity index (χ2v) is 8.15. The predicted octanol–water partition coefficient (Wildman–Crippen LogP) is 4.64. The highest BCUT2D eigenvalue weighted by Crippen LogP contribution is 2.28. The van der Waals surface area contributed by atoms with Crippen LogP contribution < -0.4 is 5.32 Å². The first kappa shape index (κ1) is 20.2. The van der Waals surface area contributed by atoms with E-state index in [0.717, 1.165) is 59.0 Å². The maximum absolute atomic E-state index is 12.8. The van der Waals surface area contributed by atoms with E-state index >= 15 is 0 Å². The smallest absolute Gasteiger partial charge is 0.221 e. The second kappa shape index (κ2) is 8.71. The molecule has 0 saturated heterocycles. The molecule has 1 aliphatic rings. The molecule has 1 N–H and O–H groups in total. The van der Waals surface area contributed by atoms with E-state index in [-0.39, 0.29) is 5.91 Å². The van der Waals surface area contributed by atoms with Gasteiger partial charge in [0.2, 0.25) is 5.91 Å². The molecule has 2 heterocycles. The van der Waals surface area contributed by atoms with Gasteiger partial charge in [0, 0.05) is 35.2 Å². The van der Waals surface area contributed by atoms with Gasteiger partial charge in [0.25, 0.3) is 0 Å². The largest absolute Gasteiger partial charge is 0.361 e. The van der Waals surface area contributed by atoms with E-state index in [9.17, 15) is 4.79 Å². The predicted molar refractivity (Wildman–Crippen MR) is 117 cm³/mol. The topological polar surface area (TPSA) is 68.0 Å². The summed E-state index contributed by atoms with van der Waals surface area (Å²) in [6, 6.07) is 8.13. The Bertz CT molecular complexity index is 1090. The average molecular weight is 402 g/mol. The highest BCUT2D eigenvalue weighted by Gasteiger charge is 2.31. The molecule has 0 spiro atoms. The van der Waals surface area contributed by atoms with Crippen molar-refractivity contribution in [1.29, 1.82) is 0 Å². The molecule has 0 bridgehead atoms. The van der Waals surface area contributed by atoms with Crippen molar-refractivity contribution in [3.8, 4) is 11.8 Å². The summed E-state index contributed by atoms with van der Waals surface area (Å²) in [5.41, 5.74) is 2.32. The zero-order valence-corrected chi connectivity index (χ0v) is 17.6. The summed E-state index contributed by atoms with van der Waals surface area (Å²) in [5.74, 6) is 7.59. The number of hydrogen-bond donors (Lipinski definition) is 1. The van der Waals surface area contributed by atoms with E-state index in [1.54, 1.807) is 0 Å². The van der Waals surface area contributed by atoms with Crippen LogP contribution in [0.1, 0.15) is 61.1 Å². The van der Waals surface area contributed by atoms with E-state index in [2.05, 4.69) is 33.4 Å². The lowest BCUT2D eigenvalue weighted by Crippen LogP contribution is -2.48. The molecule has 1 saturated carbocycles. The van der Waals surface area contributed by atoms with Gasteiger partial charge in [0.05, 0.1) is 11.3 Å². The zero-order chi connectivity index (χ0) is 21.0. The molecule has 4 rings (SSSR count). The number of aromatic nitrogens is 2. The van der Waals surface area contributed by atoms with Crippen LogP contribution in [0.3, 0.4) is 0 Å². The van der Waals surface area contributed by atoms with Gasteiger partial charge >= 0.3 is 0 Å². The minimum Gasteiger partial charge on any atom is -0.361 e. The number of hydrogen-bond acceptors (Lipinski definition) is 4. The fraction of sp³-hybridized carbons (Fsp3) is 0.400. The van der Waals surface area contributed by atoms with Gasteiger partial charge in [-0.25, -0.2) is 0 Å². The SMILES string of the molecule is Cc1noc(C)c1CCC(=O)NC1(C#Cc2cncc3ccccc23)CCCCC1. The molecule has 1 aliphatic carbocycles. The van der Waals surface area contributed by atoms with Crippen LogP contribution in [0.25, 0.3) is 10.8 Å². The summed E-state index contributed by atoms with van der Waals surface area (Å²) in [7, 11) is 0. The van der Waals surface area contributed by atoms with Crippen molar-refractivity contribution >= 4 is 16.7 Å². The van der Waals surface area contributed by atoms with Crippen molar-refractivity contribution in [2.75, 3.05) is 0 Å². The molecule has 2 aromatic heterocycles. The van der Waals surface area contributed by atoms with Gasteiger partial charge in [-0.05, 0) is 33.1 Å². The van der Waals surface area contributed by atoms with Crippen LogP contribution in [0.2, 0.25) is 0 Å². The molecule has 1 fully saturated rings. The monoisotopic (exact) mass is 401 g/mol. The highest BCUT2D eigenvalue weighted by molar-refractivity contribution is 5.87. The number of nitrogens with zero attached hydrogens (tertiary/aromatic N) is 2. The number of aryl methyl sites for hydroxylation is 2. The van der Waals surface area contributed by atoms with Gasteiger partial charge in [-0.15, -0.1) is 0 Å². The van der Waals surface area contributed by atoms with Crippen LogP contribution in [0.15, 0.2) is 41.2 Å². The first-order valence-corrected chi connectivity index (χ1v) is 10.6. The molecule has 5 nitrogen and oxygen atoms in total. The number of amides is 1. The van der Waals surface area contributed by atoms with Gasteiger partial charge in [0.15, 0.2) is 0 Å². The maximum Gasteiger partial charge on any atom is 0.221 e. The molecule has 1 amide bonds. The Morgan fingerprint density at radius 2 is 1.97 bits per heavy atom. The molecule has 1 aromatic carbocycles. The Morgan fingerprint density at radius 1 is 1.17 bits per heavy atom. The first-order valence-electron chi connectivity index (χ1n) is 10.6. The minimum atomic E-state index is -0.467. The first-order chi connectivity index (χ1) is 14.6. The van der Waals surface area contributed by atoms with Crippen molar-refractivity contribution in [2.24, 2.45) is 0 Å². The van der Waals surface area contributed by atoms with Crippen LogP contribution >= 0.6 is 0 Å². The van der Waals surface area contributed by atoms with Gasteiger partial charge in [0.1, 0.15) is 11.3 Å². The van der Waals surface area contributed by atoms with E-state index < -0.39 is 5.54 Å². The van der Waals surface area contributed by atoms with E-state index in [0.29, 0.717) is 12.8 Å². The van der Waals surface area contributed by atoms with Crippen molar-refractivity contribution in [2.45, 2.75) is 64.3 Å².